The Labute approximate surface area is 161 Å². The van der Waals surface area contributed by atoms with E-state index in [4.69, 9.17) is 9.26 Å². The van der Waals surface area contributed by atoms with Crippen LogP contribution in [0.4, 0.5) is 10.7 Å². The minimum absolute atomic E-state index is 0.306. The number of fused-ring (bicyclic) bond motifs is 1. The number of ether oxygens (including phenoxy) is 1. The molecule has 0 spiro atoms. The number of rotatable bonds is 3. The Kier molecular flexibility index (Phi) is 4.12. The number of amides is 1. The molecular weight excluding hydrogens is 362 g/mol. The predicted octanol–water partition coefficient (Wildman–Crippen LogP) is 1.12. The molecule has 2 saturated heterocycles. The van der Waals surface area contributed by atoms with E-state index in [0.29, 0.717) is 44.1 Å². The number of nitrogens with zero attached hydrogens (tertiary/aromatic N) is 6. The summed E-state index contributed by atoms with van der Waals surface area (Å²) in [5.41, 5.74) is 1.93. The highest BCUT2D eigenvalue weighted by molar-refractivity contribution is 5.83. The number of carbonyl (C=O) groups excluding carboxylic acids is 1. The van der Waals surface area contributed by atoms with Crippen LogP contribution in [0.5, 0.6) is 0 Å². The van der Waals surface area contributed by atoms with Gasteiger partial charge in [-0.25, -0.2) is 4.79 Å². The molecule has 2 aliphatic heterocycles. The van der Waals surface area contributed by atoms with Crippen molar-refractivity contribution >= 4 is 22.9 Å². The second kappa shape index (κ2) is 6.79. The molecule has 1 aromatic carbocycles. The summed E-state index contributed by atoms with van der Waals surface area (Å²) in [6, 6.07) is 6.43. The maximum Gasteiger partial charge on any atom is 0.409 e. The highest BCUT2D eigenvalue weighted by Gasteiger charge is 2.25. The maximum atomic E-state index is 11.6. The van der Waals surface area contributed by atoms with Crippen LogP contribution in [0, 0.1) is 0 Å². The molecule has 28 heavy (non-hydrogen) atoms. The second-order valence-electron chi connectivity index (χ2n) is 7.02. The molecule has 0 saturated carbocycles. The van der Waals surface area contributed by atoms with Crippen LogP contribution in [0.3, 0.4) is 0 Å². The second-order valence-corrected chi connectivity index (χ2v) is 7.02. The minimum atomic E-state index is -0.306. The van der Waals surface area contributed by atoms with Crippen LogP contribution in [-0.4, -0.2) is 77.3 Å². The molecule has 10 nitrogen and oxygen atoms in total. The van der Waals surface area contributed by atoms with Crippen LogP contribution in [-0.2, 0) is 4.74 Å². The van der Waals surface area contributed by atoms with Gasteiger partial charge in [-0.15, -0.1) is 0 Å². The Bertz CT molecular complexity index is 1000. The third kappa shape index (κ3) is 2.85. The number of nitrogens with one attached hydrogen (secondary N) is 1. The third-order valence-corrected chi connectivity index (χ3v) is 5.36. The smallest absolute Gasteiger partial charge is 0.409 e. The van der Waals surface area contributed by atoms with Gasteiger partial charge in [0.2, 0.25) is 0 Å². The summed E-state index contributed by atoms with van der Waals surface area (Å²) in [4.78, 5) is 19.9. The first-order valence-corrected chi connectivity index (χ1v) is 9.33. The topological polar surface area (TPSA) is 102 Å². The van der Waals surface area contributed by atoms with Gasteiger partial charge >= 0.3 is 6.09 Å². The molecule has 146 valence electrons. The molecule has 0 atom stereocenters. The van der Waals surface area contributed by atoms with Gasteiger partial charge in [-0.3, -0.25) is 4.68 Å². The molecular formula is C18H21N7O3. The highest BCUT2D eigenvalue weighted by Crippen LogP contribution is 2.27. The summed E-state index contributed by atoms with van der Waals surface area (Å²) in [5, 5.41) is 13.0. The van der Waals surface area contributed by atoms with Crippen molar-refractivity contribution < 1.29 is 14.1 Å². The maximum absolute atomic E-state index is 11.6. The summed E-state index contributed by atoms with van der Waals surface area (Å²) in [5.74, 6) is 1.02. The van der Waals surface area contributed by atoms with Crippen molar-refractivity contribution in [3.05, 3.63) is 24.4 Å². The van der Waals surface area contributed by atoms with E-state index < -0.39 is 0 Å². The molecule has 2 fully saturated rings. The van der Waals surface area contributed by atoms with Gasteiger partial charge in [0.1, 0.15) is 0 Å². The van der Waals surface area contributed by atoms with Crippen LogP contribution in [0.1, 0.15) is 6.04 Å². The number of aromatic nitrogens is 4. The molecule has 10 heteroatoms. The fraction of sp³-hybridized carbons (Fsp3) is 0.444. The Morgan fingerprint density at radius 1 is 1.25 bits per heavy atom. The zero-order valence-electron chi connectivity index (χ0n) is 15.5. The summed E-state index contributed by atoms with van der Waals surface area (Å²) in [6.07, 6.45) is 1.58. The van der Waals surface area contributed by atoms with Gasteiger partial charge in [-0.05, 0) is 17.3 Å². The van der Waals surface area contributed by atoms with Crippen LogP contribution in [0.25, 0.3) is 22.4 Å². The van der Waals surface area contributed by atoms with Crippen molar-refractivity contribution in [2.24, 2.45) is 0 Å². The lowest BCUT2D eigenvalue weighted by molar-refractivity contribution is 0.121. The molecule has 1 amide bonds. The number of anilines is 1. The van der Waals surface area contributed by atoms with E-state index in [2.05, 4.69) is 25.2 Å². The zero-order valence-corrected chi connectivity index (χ0v) is 15.5. The number of hydrogen-bond acceptors (Lipinski definition) is 8. The number of methoxy groups -OCH3 is 1. The first-order valence-electron chi connectivity index (χ1n) is 9.33. The molecule has 3 aromatic rings. The fourth-order valence-corrected chi connectivity index (χ4v) is 3.59. The fourth-order valence-electron chi connectivity index (χ4n) is 3.59. The van der Waals surface area contributed by atoms with E-state index in [1.165, 1.54) is 7.11 Å². The predicted molar refractivity (Wildman–Crippen MR) is 101 cm³/mol. The van der Waals surface area contributed by atoms with Crippen molar-refractivity contribution in [1.29, 1.82) is 0 Å². The van der Waals surface area contributed by atoms with Crippen molar-refractivity contribution in [3.63, 3.8) is 0 Å². The molecule has 0 bridgehead atoms. The van der Waals surface area contributed by atoms with Crippen molar-refractivity contribution in [2.75, 3.05) is 51.3 Å². The Morgan fingerprint density at radius 3 is 2.79 bits per heavy atom. The van der Waals surface area contributed by atoms with E-state index in [9.17, 15) is 4.79 Å². The van der Waals surface area contributed by atoms with E-state index in [1.54, 1.807) is 4.90 Å². The highest BCUT2D eigenvalue weighted by atomic mass is 16.5. The van der Waals surface area contributed by atoms with Crippen molar-refractivity contribution in [3.8, 4) is 11.5 Å². The molecule has 2 aliphatic rings. The van der Waals surface area contributed by atoms with Gasteiger partial charge in [0.25, 0.3) is 11.8 Å². The van der Waals surface area contributed by atoms with Crippen molar-refractivity contribution in [2.45, 2.75) is 6.04 Å². The van der Waals surface area contributed by atoms with E-state index in [1.807, 2.05) is 29.3 Å². The largest absolute Gasteiger partial charge is 0.453 e. The molecule has 0 radical (unpaired) electrons. The normalized spacial score (nSPS) is 17.8. The molecule has 0 unspecified atom stereocenters. The number of piperazine rings is 1. The number of carbonyl (C=O) groups is 1. The Morgan fingerprint density at radius 2 is 2.07 bits per heavy atom. The van der Waals surface area contributed by atoms with Crippen LogP contribution >= 0.6 is 0 Å². The van der Waals surface area contributed by atoms with Gasteiger partial charge in [0.05, 0.1) is 24.9 Å². The molecule has 2 aromatic heterocycles. The third-order valence-electron chi connectivity index (χ3n) is 5.36. The standard InChI is InChI=1S/C18H21N7O3/c1-27-18(26)24-6-4-23(5-7-24)17-21-16(28-22-17)12-2-3-13-9-20-25(15(13)8-12)14-10-19-11-14/h2-3,8-9,14,19H,4-7,10-11H2,1H3. The summed E-state index contributed by atoms with van der Waals surface area (Å²) < 4.78 is 12.3. The molecule has 4 heterocycles. The van der Waals surface area contributed by atoms with Gasteiger partial charge in [-0.2, -0.15) is 10.1 Å². The van der Waals surface area contributed by atoms with Gasteiger partial charge < -0.3 is 24.4 Å². The first kappa shape index (κ1) is 17.0. The van der Waals surface area contributed by atoms with Crippen molar-refractivity contribution in [1.82, 2.24) is 30.1 Å². The summed E-state index contributed by atoms with van der Waals surface area (Å²) in [6.45, 7) is 4.27. The van der Waals surface area contributed by atoms with Crippen LogP contribution in [0.15, 0.2) is 28.9 Å². The Hall–Kier alpha value is -3.14. The average Bonchev–Trinajstić information content (AvgIpc) is 3.34. The van der Waals surface area contributed by atoms with Crippen LogP contribution in [0.2, 0.25) is 0 Å². The van der Waals surface area contributed by atoms with E-state index >= 15 is 0 Å². The van der Waals surface area contributed by atoms with Crippen LogP contribution < -0.4 is 10.2 Å². The van der Waals surface area contributed by atoms with Gasteiger partial charge in [0.15, 0.2) is 0 Å². The first-order chi connectivity index (χ1) is 13.7. The zero-order chi connectivity index (χ0) is 19.1. The summed E-state index contributed by atoms with van der Waals surface area (Å²) in [7, 11) is 1.39. The summed E-state index contributed by atoms with van der Waals surface area (Å²) >= 11 is 0. The SMILES string of the molecule is COC(=O)N1CCN(c2noc(-c3ccc4cnn(C5CNC5)c4c3)n2)CC1. The minimum Gasteiger partial charge on any atom is -0.453 e. The monoisotopic (exact) mass is 383 g/mol. The Balaban J connectivity index is 1.35. The quantitative estimate of drug-likeness (QED) is 0.718. The lowest BCUT2D eigenvalue weighted by Crippen LogP contribution is -2.49. The molecule has 1 N–H and O–H groups in total. The molecule has 0 aliphatic carbocycles. The number of hydrogen-bond donors (Lipinski definition) is 1. The lowest BCUT2D eigenvalue weighted by Gasteiger charge is -2.32. The van der Waals surface area contributed by atoms with E-state index in [0.717, 1.165) is 29.6 Å². The lowest BCUT2D eigenvalue weighted by atomic mass is 10.1. The number of benzene rings is 1. The van der Waals surface area contributed by atoms with Gasteiger partial charge in [0, 0.05) is 50.2 Å². The molecule has 5 rings (SSSR count). The van der Waals surface area contributed by atoms with Gasteiger partial charge in [-0.1, -0.05) is 6.07 Å². The average molecular weight is 383 g/mol. The van der Waals surface area contributed by atoms with E-state index in [-0.39, 0.29) is 6.09 Å².